The average molecular weight is 640 g/mol. The predicted molar refractivity (Wildman–Crippen MR) is 174 cm³/mol. The number of carbonyl (C=O) groups excluding carboxylic acids is 1. The Kier molecular flexibility index (Phi) is 6.93. The van der Waals surface area contributed by atoms with E-state index < -0.39 is 17.6 Å². The van der Waals surface area contributed by atoms with E-state index in [9.17, 15) is 14.4 Å². The Morgan fingerprint density at radius 3 is 2.59 bits per heavy atom. The normalized spacial score (nSPS) is 21.7. The minimum atomic E-state index is -0.989. The molecule has 0 N–H and O–H groups in total. The van der Waals surface area contributed by atoms with Gasteiger partial charge in [-0.3, -0.25) is 9.69 Å². The van der Waals surface area contributed by atoms with Gasteiger partial charge in [0.1, 0.15) is 23.8 Å². The average Bonchev–Trinajstić information content (AvgIpc) is 3.72. The first kappa shape index (κ1) is 29.2. The summed E-state index contributed by atoms with van der Waals surface area (Å²) in [5.74, 6) is -2.12. The molecule has 5 heterocycles. The van der Waals surface area contributed by atoms with Crippen LogP contribution in [-0.2, 0) is 4.79 Å². The summed E-state index contributed by atoms with van der Waals surface area (Å²) in [5, 5.41) is 13.2. The lowest BCUT2D eigenvalue weighted by Gasteiger charge is -2.48. The van der Waals surface area contributed by atoms with Crippen LogP contribution in [0.5, 0.6) is 5.88 Å². The van der Waals surface area contributed by atoms with Crippen LogP contribution in [0.1, 0.15) is 37.7 Å². The van der Waals surface area contributed by atoms with Gasteiger partial charge in [-0.25, -0.2) is 13.8 Å². The second-order valence-electron chi connectivity index (χ2n) is 12.9. The third kappa shape index (κ3) is 4.30. The summed E-state index contributed by atoms with van der Waals surface area (Å²) in [7, 11) is 0. The highest BCUT2D eigenvalue weighted by atomic mass is 35.5. The first-order valence-corrected chi connectivity index (χ1v) is 16.2. The number of halogens is 3. The van der Waals surface area contributed by atoms with Gasteiger partial charge in [0.05, 0.1) is 23.3 Å². The van der Waals surface area contributed by atoms with E-state index in [-0.39, 0.29) is 34.6 Å². The molecule has 7 nitrogen and oxygen atoms in total. The van der Waals surface area contributed by atoms with Gasteiger partial charge in [0, 0.05) is 34.4 Å². The molecule has 0 spiro atoms. The van der Waals surface area contributed by atoms with Gasteiger partial charge < -0.3 is 14.5 Å². The molecule has 3 aromatic carbocycles. The fourth-order valence-electron chi connectivity index (χ4n) is 8.44. The number of anilines is 1. The van der Waals surface area contributed by atoms with Gasteiger partial charge in [-0.2, -0.15) is 5.26 Å². The van der Waals surface area contributed by atoms with Crippen LogP contribution in [0.4, 0.5) is 14.5 Å². The number of hydrogen-bond acceptors (Lipinski definition) is 6. The van der Waals surface area contributed by atoms with Gasteiger partial charge in [0.2, 0.25) is 5.88 Å². The maximum Gasteiger partial charge on any atom is 0.282 e. The summed E-state index contributed by atoms with van der Waals surface area (Å²) in [6.07, 6.45) is 4.79. The van der Waals surface area contributed by atoms with Crippen LogP contribution in [0.3, 0.4) is 0 Å². The van der Waals surface area contributed by atoms with Gasteiger partial charge in [0.25, 0.3) is 5.91 Å². The number of hydrogen-bond donors (Lipinski definition) is 0. The SMILES string of the molecule is C=C(F)C(=O)N1CC[C@@H]2[C@H]1CN2c1c(C#N)c(OCC23CCCN2CCC3)nc2c(F)c(-c3cccc4cccc(Cl)c34)ccc12. The molecule has 10 heteroatoms. The lowest BCUT2D eigenvalue weighted by molar-refractivity contribution is -0.130. The summed E-state index contributed by atoms with van der Waals surface area (Å²) < 4.78 is 37.2. The summed E-state index contributed by atoms with van der Waals surface area (Å²) in [6, 6.07) is 16.7. The van der Waals surface area contributed by atoms with Crippen molar-refractivity contribution in [3.05, 3.63) is 77.3 Å². The first-order valence-electron chi connectivity index (χ1n) is 15.8. The van der Waals surface area contributed by atoms with E-state index >= 15 is 4.39 Å². The fraction of sp³-hybridized carbons (Fsp3) is 0.361. The molecule has 4 saturated heterocycles. The maximum absolute atomic E-state index is 16.9. The molecule has 4 aliphatic rings. The standard InChI is InChI=1S/C36H32ClF2N5O2/c1-21(38)35(45)43-17-12-28-29(43)19-44(28)33-25-11-10-24(23-8-2-6-22-7-3-9-27(37)30(22)23)31(39)32(25)41-34(26(33)18-40)46-20-36-13-4-15-42(36)16-5-14-36/h2-3,6-11,28-29H,1,4-5,12-17,19-20H2/t28-,29-/m1/s1. The molecular formula is C36H32ClF2N5O2. The molecule has 1 amide bonds. The van der Waals surface area contributed by atoms with Gasteiger partial charge in [-0.1, -0.05) is 54.6 Å². The number of pyridine rings is 1. The number of nitriles is 1. The second kappa shape index (κ2) is 10.9. The topological polar surface area (TPSA) is 72.7 Å². The Labute approximate surface area is 270 Å². The number of benzene rings is 3. The molecule has 0 bridgehead atoms. The molecular weight excluding hydrogens is 608 g/mol. The Morgan fingerprint density at radius 1 is 1.09 bits per heavy atom. The highest BCUT2D eigenvalue weighted by Gasteiger charge is 2.51. The smallest absolute Gasteiger partial charge is 0.282 e. The number of ether oxygens (including phenoxy) is 1. The van der Waals surface area contributed by atoms with Gasteiger partial charge in [-0.15, -0.1) is 0 Å². The van der Waals surface area contributed by atoms with Crippen LogP contribution >= 0.6 is 11.6 Å². The zero-order valence-corrected chi connectivity index (χ0v) is 26.0. The Bertz CT molecular complexity index is 1980. The molecule has 4 aromatic rings. The number of nitrogens with zero attached hydrogens (tertiary/aromatic N) is 5. The fourth-order valence-corrected chi connectivity index (χ4v) is 8.72. The van der Waals surface area contributed by atoms with E-state index in [0.717, 1.165) is 49.5 Å². The molecule has 0 radical (unpaired) electrons. The van der Waals surface area contributed by atoms with Crippen molar-refractivity contribution < 1.29 is 18.3 Å². The van der Waals surface area contributed by atoms with Crippen LogP contribution in [0.2, 0.25) is 5.02 Å². The highest BCUT2D eigenvalue weighted by Crippen LogP contribution is 2.47. The van der Waals surface area contributed by atoms with Crippen molar-refractivity contribution >= 4 is 44.9 Å². The molecule has 4 fully saturated rings. The maximum atomic E-state index is 16.9. The van der Waals surface area contributed by atoms with Gasteiger partial charge in [0.15, 0.2) is 11.6 Å². The Hall–Kier alpha value is -4.26. The number of rotatable bonds is 6. The van der Waals surface area contributed by atoms with E-state index in [0.29, 0.717) is 53.3 Å². The third-order valence-electron chi connectivity index (χ3n) is 10.7. The van der Waals surface area contributed by atoms with E-state index in [1.807, 2.05) is 35.2 Å². The van der Waals surface area contributed by atoms with Crippen molar-refractivity contribution in [3.8, 4) is 23.1 Å². The molecule has 46 heavy (non-hydrogen) atoms. The van der Waals surface area contributed by atoms with E-state index in [4.69, 9.17) is 21.3 Å². The van der Waals surface area contributed by atoms with Crippen LogP contribution in [0.25, 0.3) is 32.8 Å². The molecule has 0 aliphatic carbocycles. The molecule has 0 unspecified atom stereocenters. The highest BCUT2D eigenvalue weighted by molar-refractivity contribution is 6.36. The monoisotopic (exact) mass is 639 g/mol. The van der Waals surface area contributed by atoms with Gasteiger partial charge >= 0.3 is 0 Å². The van der Waals surface area contributed by atoms with E-state index in [1.54, 1.807) is 18.2 Å². The minimum Gasteiger partial charge on any atom is -0.475 e. The molecule has 1 aromatic heterocycles. The van der Waals surface area contributed by atoms with Crippen molar-refractivity contribution in [2.24, 2.45) is 0 Å². The zero-order chi connectivity index (χ0) is 31.7. The lowest BCUT2D eigenvalue weighted by Crippen LogP contribution is -2.63. The number of likely N-dealkylation sites (tertiary alicyclic amines) is 1. The summed E-state index contributed by atoms with van der Waals surface area (Å²) in [6.45, 7) is 6.35. The van der Waals surface area contributed by atoms with Crippen molar-refractivity contribution in [1.82, 2.24) is 14.8 Å². The summed E-state index contributed by atoms with van der Waals surface area (Å²) in [4.78, 5) is 23.2. The Morgan fingerprint density at radius 2 is 1.85 bits per heavy atom. The summed E-state index contributed by atoms with van der Waals surface area (Å²) >= 11 is 6.63. The van der Waals surface area contributed by atoms with Crippen molar-refractivity contribution in [2.75, 3.05) is 37.7 Å². The number of aromatic nitrogens is 1. The largest absolute Gasteiger partial charge is 0.475 e. The third-order valence-corrected chi connectivity index (χ3v) is 11.0. The van der Waals surface area contributed by atoms with Crippen LogP contribution in [-0.4, -0.2) is 71.1 Å². The van der Waals surface area contributed by atoms with Crippen LogP contribution in [0, 0.1) is 17.1 Å². The summed E-state index contributed by atoms with van der Waals surface area (Å²) in [5.41, 5.74) is 1.76. The van der Waals surface area contributed by atoms with Crippen molar-refractivity contribution in [2.45, 2.75) is 49.7 Å². The molecule has 2 atom stereocenters. The first-order chi connectivity index (χ1) is 22.3. The molecule has 4 aliphatic heterocycles. The molecule has 8 rings (SSSR count). The van der Waals surface area contributed by atoms with Crippen molar-refractivity contribution in [3.63, 3.8) is 0 Å². The Balaban J connectivity index is 1.27. The number of amides is 1. The van der Waals surface area contributed by atoms with E-state index in [2.05, 4.69) is 17.5 Å². The van der Waals surface area contributed by atoms with Gasteiger partial charge in [-0.05, 0) is 68.3 Å². The number of carbonyl (C=O) groups is 1. The van der Waals surface area contributed by atoms with Crippen molar-refractivity contribution in [1.29, 1.82) is 5.26 Å². The number of fused-ring (bicyclic) bond motifs is 4. The van der Waals surface area contributed by atoms with E-state index in [1.165, 1.54) is 4.90 Å². The zero-order valence-electron chi connectivity index (χ0n) is 25.2. The second-order valence-corrected chi connectivity index (χ2v) is 13.3. The minimum absolute atomic E-state index is 0.101. The molecule has 234 valence electrons. The van der Waals surface area contributed by atoms with Crippen LogP contribution < -0.4 is 9.64 Å². The molecule has 0 saturated carbocycles. The predicted octanol–water partition coefficient (Wildman–Crippen LogP) is 7.00. The lowest BCUT2D eigenvalue weighted by atomic mass is 9.92. The quantitative estimate of drug-likeness (QED) is 0.212. The van der Waals surface area contributed by atoms with Crippen LogP contribution in [0.15, 0.2) is 60.9 Å².